The van der Waals surface area contributed by atoms with Crippen molar-refractivity contribution in [1.29, 1.82) is 0 Å². The van der Waals surface area contributed by atoms with Crippen LogP contribution in [0.2, 0.25) is 0 Å². The number of carboxylic acids is 1. The van der Waals surface area contributed by atoms with Gasteiger partial charge in [0.15, 0.2) is 0 Å². The molecule has 3 N–H and O–H groups in total. The number of hydrogen-bond donors (Lipinski definition) is 2. The van der Waals surface area contributed by atoms with Crippen LogP contribution in [0.4, 0.5) is 8.78 Å². The Kier molecular flexibility index (Phi) is 4.71. The zero-order valence-corrected chi connectivity index (χ0v) is 9.55. The van der Waals surface area contributed by atoms with Gasteiger partial charge in [-0.2, -0.15) is 0 Å². The molecule has 94 valence electrons. The van der Waals surface area contributed by atoms with Gasteiger partial charge in [-0.05, 0) is 25.1 Å². The van der Waals surface area contributed by atoms with E-state index in [4.69, 9.17) is 10.8 Å². The molecule has 0 saturated carbocycles. The van der Waals surface area contributed by atoms with E-state index < -0.39 is 33.7 Å². The Morgan fingerprint density at radius 1 is 1.47 bits per heavy atom. The average molecular weight is 263 g/mol. The second-order valence-electron chi connectivity index (χ2n) is 3.28. The first-order valence-corrected chi connectivity index (χ1v) is 5.97. The van der Waals surface area contributed by atoms with Crippen molar-refractivity contribution in [3.8, 4) is 0 Å². The standard InChI is InChI=1S/C10H11F2NO3S/c11-6-1-2-8(7(12)5-6)17(16)9(3-4-13)10(14)15/h1-2,5,9H,3-4,13H2,(H,14,15). The summed E-state index contributed by atoms with van der Waals surface area (Å²) in [6.45, 7) is 0.0194. The molecule has 2 atom stereocenters. The minimum Gasteiger partial charge on any atom is -0.480 e. The Morgan fingerprint density at radius 2 is 2.12 bits per heavy atom. The largest absolute Gasteiger partial charge is 0.480 e. The number of carboxylic acid groups (broad SMARTS) is 1. The molecule has 1 aromatic rings. The van der Waals surface area contributed by atoms with Crippen LogP contribution in [0, 0.1) is 11.6 Å². The molecule has 0 fully saturated rings. The molecule has 7 heteroatoms. The van der Waals surface area contributed by atoms with Crippen LogP contribution in [0.25, 0.3) is 0 Å². The summed E-state index contributed by atoms with van der Waals surface area (Å²) in [5.74, 6) is -3.15. The van der Waals surface area contributed by atoms with Gasteiger partial charge in [0, 0.05) is 6.07 Å². The molecule has 0 heterocycles. The van der Waals surface area contributed by atoms with Gasteiger partial charge in [0.2, 0.25) is 0 Å². The Bertz CT molecular complexity index is 453. The molecule has 4 nitrogen and oxygen atoms in total. The first-order valence-electron chi connectivity index (χ1n) is 4.76. The highest BCUT2D eigenvalue weighted by Gasteiger charge is 2.27. The van der Waals surface area contributed by atoms with E-state index >= 15 is 0 Å². The van der Waals surface area contributed by atoms with Gasteiger partial charge in [0.25, 0.3) is 0 Å². The lowest BCUT2D eigenvalue weighted by molar-refractivity contribution is -0.136. The summed E-state index contributed by atoms with van der Waals surface area (Å²) in [6.07, 6.45) is -0.0429. The number of carbonyl (C=O) groups is 1. The Morgan fingerprint density at radius 3 is 2.59 bits per heavy atom. The zero-order chi connectivity index (χ0) is 13.0. The predicted octanol–water partition coefficient (Wildman–Crippen LogP) is 0.874. The summed E-state index contributed by atoms with van der Waals surface area (Å²) in [4.78, 5) is 10.5. The first-order chi connectivity index (χ1) is 7.97. The molecule has 0 aliphatic carbocycles. The number of hydrogen-bond acceptors (Lipinski definition) is 3. The van der Waals surface area contributed by atoms with E-state index in [2.05, 4.69) is 0 Å². The third-order valence-electron chi connectivity index (χ3n) is 2.07. The van der Waals surface area contributed by atoms with Crippen LogP contribution in [0.15, 0.2) is 23.1 Å². The molecule has 2 unspecified atom stereocenters. The van der Waals surface area contributed by atoms with E-state index in [-0.39, 0.29) is 17.9 Å². The van der Waals surface area contributed by atoms with Gasteiger partial charge in [-0.25, -0.2) is 8.78 Å². The molecule has 1 aromatic carbocycles. The highest BCUT2D eigenvalue weighted by Crippen LogP contribution is 2.18. The van der Waals surface area contributed by atoms with Crippen molar-refractivity contribution in [3.05, 3.63) is 29.8 Å². The highest BCUT2D eigenvalue weighted by atomic mass is 32.2. The fourth-order valence-electron chi connectivity index (χ4n) is 1.27. The van der Waals surface area contributed by atoms with Crippen LogP contribution >= 0.6 is 0 Å². The molecule has 17 heavy (non-hydrogen) atoms. The second-order valence-corrected chi connectivity index (χ2v) is 4.88. The van der Waals surface area contributed by atoms with Crippen LogP contribution in [-0.4, -0.2) is 27.1 Å². The van der Waals surface area contributed by atoms with Gasteiger partial charge in [-0.3, -0.25) is 9.00 Å². The van der Waals surface area contributed by atoms with Gasteiger partial charge >= 0.3 is 5.97 Å². The molecule has 0 aliphatic heterocycles. The Balaban J connectivity index is 3.05. The second kappa shape index (κ2) is 5.83. The van der Waals surface area contributed by atoms with Gasteiger partial charge < -0.3 is 10.8 Å². The molecule has 0 aliphatic rings. The van der Waals surface area contributed by atoms with Gasteiger partial charge in [-0.15, -0.1) is 0 Å². The molecule has 0 saturated heterocycles. The van der Waals surface area contributed by atoms with Crippen molar-refractivity contribution >= 4 is 16.8 Å². The number of halogens is 2. The molecule has 0 bridgehead atoms. The van der Waals surface area contributed by atoms with Crippen molar-refractivity contribution in [2.45, 2.75) is 16.6 Å². The number of rotatable bonds is 5. The molecule has 1 rings (SSSR count). The maximum Gasteiger partial charge on any atom is 0.319 e. The minimum atomic E-state index is -2.09. The van der Waals surface area contributed by atoms with E-state index in [1.54, 1.807) is 0 Å². The minimum absolute atomic E-state index is 0.0194. The summed E-state index contributed by atoms with van der Waals surface area (Å²) in [5, 5.41) is 7.54. The highest BCUT2D eigenvalue weighted by molar-refractivity contribution is 7.86. The molecule has 0 radical (unpaired) electrons. The topological polar surface area (TPSA) is 80.4 Å². The van der Waals surface area contributed by atoms with Crippen LogP contribution < -0.4 is 5.73 Å². The maximum absolute atomic E-state index is 13.3. The van der Waals surface area contributed by atoms with E-state index in [0.717, 1.165) is 12.1 Å². The number of aliphatic carboxylic acids is 1. The zero-order valence-electron chi connectivity index (χ0n) is 8.73. The predicted molar refractivity (Wildman–Crippen MR) is 57.9 cm³/mol. The number of nitrogens with two attached hydrogens (primary N) is 1. The summed E-state index contributed by atoms with van der Waals surface area (Å²) >= 11 is 0. The van der Waals surface area contributed by atoms with Crippen LogP contribution in [-0.2, 0) is 15.6 Å². The van der Waals surface area contributed by atoms with Gasteiger partial charge in [0.1, 0.15) is 16.9 Å². The van der Waals surface area contributed by atoms with Crippen LogP contribution in [0.3, 0.4) is 0 Å². The quantitative estimate of drug-likeness (QED) is 0.826. The smallest absolute Gasteiger partial charge is 0.319 e. The lowest BCUT2D eigenvalue weighted by atomic mass is 10.3. The maximum atomic E-state index is 13.3. The van der Waals surface area contributed by atoms with Crippen molar-refractivity contribution in [2.24, 2.45) is 5.73 Å². The lowest BCUT2D eigenvalue weighted by Gasteiger charge is -2.11. The van der Waals surface area contributed by atoms with Crippen LogP contribution in [0.5, 0.6) is 0 Å². The molecule has 0 amide bonds. The van der Waals surface area contributed by atoms with E-state index in [0.29, 0.717) is 6.07 Å². The Labute approximate surface area is 98.9 Å². The molecular weight excluding hydrogens is 252 g/mol. The molecular formula is C10H11F2NO3S. The van der Waals surface area contributed by atoms with E-state index in [9.17, 15) is 17.8 Å². The number of benzene rings is 1. The summed E-state index contributed by atoms with van der Waals surface area (Å²) in [7, 11) is -2.09. The lowest BCUT2D eigenvalue weighted by Crippen LogP contribution is -2.28. The van der Waals surface area contributed by atoms with Gasteiger partial charge in [-0.1, -0.05) is 0 Å². The summed E-state index contributed by atoms with van der Waals surface area (Å²) < 4.78 is 37.8. The normalized spacial score (nSPS) is 14.3. The van der Waals surface area contributed by atoms with Crippen LogP contribution in [0.1, 0.15) is 6.42 Å². The summed E-state index contributed by atoms with van der Waals surface area (Å²) in [6, 6.07) is 2.47. The van der Waals surface area contributed by atoms with Crippen molar-refractivity contribution in [2.75, 3.05) is 6.54 Å². The first kappa shape index (κ1) is 13.7. The van der Waals surface area contributed by atoms with E-state index in [1.165, 1.54) is 0 Å². The third kappa shape index (κ3) is 3.31. The Hall–Kier alpha value is -1.34. The summed E-state index contributed by atoms with van der Waals surface area (Å²) in [5.41, 5.74) is 5.19. The fourth-order valence-corrected chi connectivity index (χ4v) is 2.56. The van der Waals surface area contributed by atoms with Gasteiger partial charge in [0.05, 0.1) is 15.7 Å². The van der Waals surface area contributed by atoms with Crippen molar-refractivity contribution in [3.63, 3.8) is 0 Å². The molecule has 0 spiro atoms. The molecule has 0 aromatic heterocycles. The van der Waals surface area contributed by atoms with Crippen molar-refractivity contribution < 1.29 is 22.9 Å². The SMILES string of the molecule is NCCC(C(=O)O)S(=O)c1ccc(F)cc1F. The van der Waals surface area contributed by atoms with Crippen molar-refractivity contribution in [1.82, 2.24) is 0 Å². The monoisotopic (exact) mass is 263 g/mol. The van der Waals surface area contributed by atoms with E-state index in [1.807, 2.05) is 0 Å². The third-order valence-corrected chi connectivity index (χ3v) is 3.79. The fraction of sp³-hybridized carbons (Fsp3) is 0.300. The average Bonchev–Trinajstić information content (AvgIpc) is 2.24.